The third-order valence-corrected chi connectivity index (χ3v) is 7.33. The minimum absolute atomic E-state index is 0.162. The van der Waals surface area contributed by atoms with Gasteiger partial charge in [0.2, 0.25) is 0 Å². The molecule has 0 radical (unpaired) electrons. The average Bonchev–Trinajstić information content (AvgIpc) is 3.03. The van der Waals surface area contributed by atoms with Gasteiger partial charge >= 0.3 is 23.9 Å². The van der Waals surface area contributed by atoms with E-state index >= 15 is 0 Å². The fraction of sp³-hybridized carbons (Fsp3) is 0.733. The normalized spacial score (nSPS) is 61.3. The largest absolute Gasteiger partial charge is 0.393 e. The molecule has 21 heavy (non-hydrogen) atoms. The molecule has 3 unspecified atom stereocenters. The molecule has 0 aromatic carbocycles. The molecule has 2 bridgehead atoms. The van der Waals surface area contributed by atoms with Gasteiger partial charge in [0.15, 0.2) is 0 Å². The third kappa shape index (κ3) is 0.878. The number of hydrogen-bond donors (Lipinski definition) is 0. The minimum Gasteiger partial charge on any atom is -0.393 e. The number of ether oxygens (including phenoxy) is 2. The van der Waals surface area contributed by atoms with E-state index in [9.17, 15) is 19.2 Å². The first-order valence-electron chi connectivity index (χ1n) is 7.60. The van der Waals surface area contributed by atoms with Crippen LogP contribution in [0.2, 0.25) is 0 Å². The van der Waals surface area contributed by atoms with Gasteiger partial charge in [-0.1, -0.05) is 0 Å². The van der Waals surface area contributed by atoms with Crippen molar-refractivity contribution in [2.24, 2.45) is 59.2 Å². The maximum Gasteiger partial charge on any atom is 0.317 e. The smallest absolute Gasteiger partial charge is 0.317 e. The van der Waals surface area contributed by atoms with Gasteiger partial charge in [0.1, 0.15) is 0 Å². The van der Waals surface area contributed by atoms with Gasteiger partial charge in [0, 0.05) is 0 Å². The van der Waals surface area contributed by atoms with E-state index in [1.54, 1.807) is 0 Å². The Kier molecular flexibility index (Phi) is 1.52. The molecule has 0 amide bonds. The molecular formula is C15H12O6. The number of carbonyl (C=O) groups excluding carboxylic acids is 4. The molecule has 6 fully saturated rings. The van der Waals surface area contributed by atoms with E-state index in [4.69, 9.17) is 9.47 Å². The third-order valence-electron chi connectivity index (χ3n) is 7.33. The second-order valence-electron chi connectivity index (χ2n) is 7.46. The van der Waals surface area contributed by atoms with Crippen molar-refractivity contribution in [3.8, 4) is 0 Å². The number of hydrogen-bond acceptors (Lipinski definition) is 6. The summed E-state index contributed by atoms with van der Waals surface area (Å²) < 4.78 is 9.61. The monoisotopic (exact) mass is 288 g/mol. The fourth-order valence-electron chi connectivity index (χ4n) is 6.97. The van der Waals surface area contributed by atoms with Crippen LogP contribution >= 0.6 is 0 Å². The van der Waals surface area contributed by atoms with E-state index in [0.717, 1.165) is 6.42 Å². The molecule has 6 rings (SSSR count). The van der Waals surface area contributed by atoms with Gasteiger partial charge in [0.05, 0.1) is 23.7 Å². The van der Waals surface area contributed by atoms with Crippen LogP contribution in [0.1, 0.15) is 6.42 Å². The van der Waals surface area contributed by atoms with Gasteiger partial charge < -0.3 is 9.47 Å². The molecular weight excluding hydrogens is 276 g/mol. The van der Waals surface area contributed by atoms with E-state index in [1.807, 2.05) is 0 Å². The highest BCUT2D eigenvalue weighted by Gasteiger charge is 2.82. The summed E-state index contributed by atoms with van der Waals surface area (Å²) in [6, 6.07) is 0. The number of cyclic esters (lactones) is 4. The second kappa shape index (κ2) is 2.91. The summed E-state index contributed by atoms with van der Waals surface area (Å²) in [6.45, 7) is 0. The molecule has 6 nitrogen and oxygen atoms in total. The number of carbonyl (C=O) groups is 4. The minimum atomic E-state index is -0.380. The lowest BCUT2D eigenvalue weighted by molar-refractivity contribution is -0.218. The van der Waals surface area contributed by atoms with E-state index in [-0.39, 0.29) is 71.2 Å². The molecule has 10 atom stereocenters. The first-order chi connectivity index (χ1) is 10.1. The second-order valence-corrected chi connectivity index (χ2v) is 7.46. The van der Waals surface area contributed by atoms with Crippen LogP contribution in [-0.2, 0) is 28.7 Å². The molecule has 2 aliphatic heterocycles. The van der Waals surface area contributed by atoms with Crippen LogP contribution in [-0.4, -0.2) is 23.9 Å². The maximum atomic E-state index is 11.9. The van der Waals surface area contributed by atoms with Crippen LogP contribution in [0.25, 0.3) is 0 Å². The van der Waals surface area contributed by atoms with E-state index in [2.05, 4.69) is 0 Å². The van der Waals surface area contributed by atoms with Crippen LogP contribution in [0.4, 0.5) is 0 Å². The molecule has 2 heterocycles. The zero-order chi connectivity index (χ0) is 14.2. The lowest BCUT2D eigenvalue weighted by Crippen LogP contribution is -2.68. The Balaban J connectivity index is 1.41. The van der Waals surface area contributed by atoms with E-state index < -0.39 is 0 Å². The van der Waals surface area contributed by atoms with Crippen molar-refractivity contribution in [2.75, 3.05) is 0 Å². The van der Waals surface area contributed by atoms with Crippen LogP contribution in [0.15, 0.2) is 0 Å². The summed E-state index contributed by atoms with van der Waals surface area (Å²) >= 11 is 0. The summed E-state index contributed by atoms with van der Waals surface area (Å²) in [7, 11) is 0. The quantitative estimate of drug-likeness (QED) is 0.347. The highest BCUT2D eigenvalue weighted by Crippen LogP contribution is 2.79. The van der Waals surface area contributed by atoms with Crippen molar-refractivity contribution >= 4 is 23.9 Å². The molecule has 0 N–H and O–H groups in total. The molecule has 4 aliphatic carbocycles. The molecule has 0 aromatic rings. The molecule has 108 valence electrons. The molecule has 2 saturated heterocycles. The summed E-state index contributed by atoms with van der Waals surface area (Å²) in [4.78, 5) is 47.4. The molecule has 0 spiro atoms. The Morgan fingerprint density at radius 2 is 0.952 bits per heavy atom. The predicted octanol–water partition coefficient (Wildman–Crippen LogP) is -0.240. The lowest BCUT2D eigenvalue weighted by atomic mass is 9.35. The van der Waals surface area contributed by atoms with Crippen molar-refractivity contribution in [3.05, 3.63) is 0 Å². The SMILES string of the molecule is O=C1OC(=O)[C@H]2[C@@H]1[C@H]1C[C@@H]2C2C3[C@@H](C21)[C@@H]1C(=O)OC(=O)[C@H]31. The Bertz CT molecular complexity index is 613. The molecule has 0 aromatic heterocycles. The standard InChI is InChI=1S/C15H12O6/c16-12-6-2-1-3(7(6)13(17)20-12)5-4(2)8-9(5)11-10(8)14(18)21-15(11)19/h2-11H,1H2/t2-,3+,4?,5?,6-,7+,8+,9?,10-,11+/m0/s1. The van der Waals surface area contributed by atoms with Crippen molar-refractivity contribution in [3.63, 3.8) is 0 Å². The van der Waals surface area contributed by atoms with Gasteiger partial charge in [-0.05, 0) is 41.9 Å². The zero-order valence-corrected chi connectivity index (χ0v) is 10.9. The highest BCUT2D eigenvalue weighted by molar-refractivity contribution is 6.00. The Labute approximate surface area is 119 Å². The number of rotatable bonds is 0. The van der Waals surface area contributed by atoms with E-state index in [1.165, 1.54) is 0 Å². The zero-order valence-electron chi connectivity index (χ0n) is 10.9. The van der Waals surface area contributed by atoms with Crippen LogP contribution in [0.5, 0.6) is 0 Å². The highest BCUT2D eigenvalue weighted by atomic mass is 16.6. The van der Waals surface area contributed by atoms with Gasteiger partial charge in [-0.25, -0.2) is 0 Å². The van der Waals surface area contributed by atoms with Crippen molar-refractivity contribution in [2.45, 2.75) is 6.42 Å². The Morgan fingerprint density at radius 3 is 1.38 bits per heavy atom. The topological polar surface area (TPSA) is 86.7 Å². The predicted molar refractivity (Wildman–Crippen MR) is 61.7 cm³/mol. The van der Waals surface area contributed by atoms with Crippen molar-refractivity contribution in [1.82, 2.24) is 0 Å². The number of fused-ring (bicyclic) bond motifs is 14. The van der Waals surface area contributed by atoms with Crippen LogP contribution < -0.4 is 0 Å². The Morgan fingerprint density at radius 1 is 0.571 bits per heavy atom. The summed E-state index contributed by atoms with van der Waals surface area (Å²) in [5, 5.41) is 0. The van der Waals surface area contributed by atoms with E-state index in [0.29, 0.717) is 11.8 Å². The van der Waals surface area contributed by atoms with Crippen molar-refractivity contribution in [1.29, 1.82) is 0 Å². The summed E-state index contributed by atoms with van der Waals surface area (Å²) in [5.74, 6) is -1.35. The Hall–Kier alpha value is -1.72. The average molecular weight is 288 g/mol. The van der Waals surface area contributed by atoms with Gasteiger partial charge in [-0.2, -0.15) is 0 Å². The molecule has 4 saturated carbocycles. The summed E-state index contributed by atoms with van der Waals surface area (Å²) in [5.41, 5.74) is 0. The van der Waals surface area contributed by atoms with Gasteiger partial charge in [0.25, 0.3) is 0 Å². The van der Waals surface area contributed by atoms with Gasteiger partial charge in [-0.3, -0.25) is 19.2 Å². The first kappa shape index (κ1) is 10.9. The van der Waals surface area contributed by atoms with Crippen LogP contribution in [0.3, 0.4) is 0 Å². The summed E-state index contributed by atoms with van der Waals surface area (Å²) in [6.07, 6.45) is 0.876. The van der Waals surface area contributed by atoms with Crippen molar-refractivity contribution < 1.29 is 28.7 Å². The maximum absolute atomic E-state index is 11.9. The fourth-order valence-corrected chi connectivity index (χ4v) is 6.97. The number of esters is 4. The molecule has 6 heteroatoms. The lowest BCUT2D eigenvalue weighted by Gasteiger charge is -2.66. The van der Waals surface area contributed by atoms with Gasteiger partial charge in [-0.15, -0.1) is 0 Å². The first-order valence-corrected chi connectivity index (χ1v) is 7.60. The molecule has 6 aliphatic rings. The van der Waals surface area contributed by atoms with Crippen LogP contribution in [0, 0.1) is 59.2 Å².